The lowest BCUT2D eigenvalue weighted by Crippen LogP contribution is -2.61. The Hall–Kier alpha value is -2.78. The van der Waals surface area contributed by atoms with Crippen LogP contribution in [0, 0.1) is 6.92 Å². The summed E-state index contributed by atoms with van der Waals surface area (Å²) in [4.78, 5) is 17.2. The molecule has 1 amide bonds. The summed E-state index contributed by atoms with van der Waals surface area (Å²) in [6, 6.07) is 10.8. The van der Waals surface area contributed by atoms with Crippen LogP contribution >= 0.6 is 0 Å². The molecule has 2 heterocycles. The number of ether oxygens (including phenoxy) is 3. The lowest BCUT2D eigenvalue weighted by molar-refractivity contribution is -0.145. The summed E-state index contributed by atoms with van der Waals surface area (Å²) in [5.41, 5.74) is 1.08. The van der Waals surface area contributed by atoms with Crippen molar-refractivity contribution in [3.63, 3.8) is 0 Å². The van der Waals surface area contributed by atoms with Crippen LogP contribution in [0.25, 0.3) is 0 Å². The molecular weight excluding hydrogens is 485 g/mol. The van der Waals surface area contributed by atoms with Crippen molar-refractivity contribution in [3.05, 3.63) is 59.2 Å². The molecule has 37 heavy (non-hydrogen) atoms. The van der Waals surface area contributed by atoms with Gasteiger partial charge in [0.05, 0.1) is 30.0 Å². The van der Waals surface area contributed by atoms with Crippen LogP contribution in [0.3, 0.4) is 0 Å². The number of rotatable bonds is 6. The zero-order valence-corrected chi connectivity index (χ0v) is 21.8. The number of nitrogens with zero attached hydrogens (tertiary/aromatic N) is 2. The van der Waals surface area contributed by atoms with E-state index in [1.54, 1.807) is 13.2 Å². The minimum absolute atomic E-state index is 0.0297. The molecule has 2 aromatic rings. The fraction of sp³-hybridized carbons (Fsp3) is 0.536. The van der Waals surface area contributed by atoms with E-state index in [4.69, 9.17) is 14.2 Å². The summed E-state index contributed by atoms with van der Waals surface area (Å²) >= 11 is 0. The SMILES string of the molecule is COCC1CN(c2ccc(C(F)(F)F)cc2)CC2(CCN(C(=O)c3ccc(OC(C)C)c(C)c3)CC2)O1. The maximum absolute atomic E-state index is 13.2. The highest BCUT2D eigenvalue weighted by molar-refractivity contribution is 5.94. The first-order chi connectivity index (χ1) is 17.5. The zero-order chi connectivity index (χ0) is 26.8. The van der Waals surface area contributed by atoms with E-state index in [2.05, 4.69) is 4.90 Å². The Morgan fingerprint density at radius 2 is 1.81 bits per heavy atom. The Morgan fingerprint density at radius 3 is 2.38 bits per heavy atom. The second-order valence-electron chi connectivity index (χ2n) is 10.2. The van der Waals surface area contributed by atoms with Crippen LogP contribution in [0.1, 0.15) is 48.2 Å². The van der Waals surface area contributed by atoms with Crippen LogP contribution in [0.2, 0.25) is 0 Å². The van der Waals surface area contributed by atoms with Crippen molar-refractivity contribution in [1.29, 1.82) is 0 Å². The molecular formula is C28H35F3N2O4. The van der Waals surface area contributed by atoms with E-state index >= 15 is 0 Å². The molecule has 2 fully saturated rings. The molecule has 1 atom stereocenters. The van der Waals surface area contributed by atoms with E-state index in [1.165, 1.54) is 12.1 Å². The average Bonchev–Trinajstić information content (AvgIpc) is 2.84. The predicted molar refractivity (Wildman–Crippen MR) is 135 cm³/mol. The Balaban J connectivity index is 1.45. The van der Waals surface area contributed by atoms with Crippen LogP contribution in [0.15, 0.2) is 42.5 Å². The number of methoxy groups -OCH3 is 1. The highest BCUT2D eigenvalue weighted by atomic mass is 19.4. The molecule has 2 aliphatic rings. The fourth-order valence-corrected chi connectivity index (χ4v) is 5.16. The Bertz CT molecular complexity index is 1080. The van der Waals surface area contributed by atoms with E-state index < -0.39 is 17.3 Å². The average molecular weight is 521 g/mol. The number of likely N-dealkylation sites (tertiary alicyclic amines) is 1. The molecule has 6 nitrogen and oxygen atoms in total. The summed E-state index contributed by atoms with van der Waals surface area (Å²) < 4.78 is 56.7. The Kier molecular flexibility index (Phi) is 8.04. The van der Waals surface area contributed by atoms with E-state index in [0.29, 0.717) is 51.2 Å². The molecule has 0 N–H and O–H groups in total. The number of anilines is 1. The number of carbonyl (C=O) groups is 1. The monoisotopic (exact) mass is 520 g/mol. The number of benzene rings is 2. The van der Waals surface area contributed by atoms with Gasteiger partial charge in [-0.1, -0.05) is 0 Å². The Morgan fingerprint density at radius 1 is 1.14 bits per heavy atom. The summed E-state index contributed by atoms with van der Waals surface area (Å²) in [5, 5.41) is 0. The van der Waals surface area contributed by atoms with Gasteiger partial charge in [0.25, 0.3) is 5.91 Å². The molecule has 0 saturated carbocycles. The number of amides is 1. The fourth-order valence-electron chi connectivity index (χ4n) is 5.16. The van der Waals surface area contributed by atoms with Gasteiger partial charge >= 0.3 is 6.18 Å². The first kappa shape index (κ1) is 27.3. The normalized spacial score (nSPS) is 19.9. The summed E-state index contributed by atoms with van der Waals surface area (Å²) in [6.07, 6.45) is -3.28. The van der Waals surface area contributed by atoms with Gasteiger partial charge in [-0.3, -0.25) is 4.79 Å². The smallest absolute Gasteiger partial charge is 0.416 e. The number of piperidine rings is 1. The minimum atomic E-state index is -4.37. The lowest BCUT2D eigenvalue weighted by Gasteiger charge is -2.50. The van der Waals surface area contributed by atoms with Gasteiger partial charge in [-0.15, -0.1) is 0 Å². The molecule has 1 unspecified atom stereocenters. The highest BCUT2D eigenvalue weighted by Crippen LogP contribution is 2.36. The van der Waals surface area contributed by atoms with E-state index in [0.717, 1.165) is 29.1 Å². The van der Waals surface area contributed by atoms with Gasteiger partial charge < -0.3 is 24.0 Å². The van der Waals surface area contributed by atoms with Gasteiger partial charge in [0, 0.05) is 44.5 Å². The van der Waals surface area contributed by atoms with Gasteiger partial charge in [0.1, 0.15) is 5.75 Å². The zero-order valence-electron chi connectivity index (χ0n) is 21.8. The molecule has 0 radical (unpaired) electrons. The molecule has 2 aromatic carbocycles. The molecule has 0 bridgehead atoms. The van der Waals surface area contributed by atoms with E-state index in [9.17, 15) is 18.0 Å². The quantitative estimate of drug-likeness (QED) is 0.516. The molecule has 2 aliphatic heterocycles. The molecule has 4 rings (SSSR count). The first-order valence-electron chi connectivity index (χ1n) is 12.7. The van der Waals surface area contributed by atoms with Crippen molar-refractivity contribution in [1.82, 2.24) is 4.90 Å². The van der Waals surface area contributed by atoms with Gasteiger partial charge in [-0.25, -0.2) is 0 Å². The highest BCUT2D eigenvalue weighted by Gasteiger charge is 2.44. The number of alkyl halides is 3. The number of hydrogen-bond acceptors (Lipinski definition) is 5. The Labute approximate surface area is 216 Å². The van der Waals surface area contributed by atoms with Gasteiger partial charge in [0.15, 0.2) is 0 Å². The number of morpholine rings is 1. The number of carbonyl (C=O) groups excluding carboxylic acids is 1. The van der Waals surface area contributed by atoms with Crippen molar-refractivity contribution in [3.8, 4) is 5.75 Å². The van der Waals surface area contributed by atoms with Crippen molar-refractivity contribution in [2.45, 2.75) is 57.6 Å². The van der Waals surface area contributed by atoms with Crippen molar-refractivity contribution in [2.75, 3.05) is 44.8 Å². The number of aryl methyl sites for hydroxylation is 1. The maximum Gasteiger partial charge on any atom is 0.416 e. The lowest BCUT2D eigenvalue weighted by atomic mass is 9.88. The third-order valence-electron chi connectivity index (χ3n) is 6.98. The standard InChI is InChI=1S/C28H35F3N2O4/c1-19(2)36-25-10-5-21(15-20(25)3)26(34)32-13-11-27(12-14-32)18-33(16-24(37-27)17-35-4)23-8-6-22(7-9-23)28(29,30)31/h5-10,15,19,24H,11-14,16-18H2,1-4H3. The largest absolute Gasteiger partial charge is 0.491 e. The second kappa shape index (κ2) is 10.9. The summed E-state index contributed by atoms with van der Waals surface area (Å²) in [5.74, 6) is 0.741. The third kappa shape index (κ3) is 6.38. The first-order valence-corrected chi connectivity index (χ1v) is 12.7. The number of hydrogen-bond donors (Lipinski definition) is 0. The summed E-state index contributed by atoms with van der Waals surface area (Å²) in [7, 11) is 1.61. The van der Waals surface area contributed by atoms with Crippen molar-refractivity contribution in [2.24, 2.45) is 0 Å². The van der Waals surface area contributed by atoms with Gasteiger partial charge in [0.2, 0.25) is 0 Å². The molecule has 1 spiro atoms. The molecule has 0 aromatic heterocycles. The topological polar surface area (TPSA) is 51.2 Å². The van der Waals surface area contributed by atoms with Crippen LogP contribution in [-0.4, -0.2) is 68.5 Å². The van der Waals surface area contributed by atoms with E-state index in [-0.39, 0.29) is 18.1 Å². The predicted octanol–water partition coefficient (Wildman–Crippen LogP) is 5.33. The van der Waals surface area contributed by atoms with Crippen LogP contribution in [0.5, 0.6) is 5.75 Å². The van der Waals surface area contributed by atoms with Crippen molar-refractivity contribution < 1.29 is 32.2 Å². The number of halogens is 3. The molecule has 2 saturated heterocycles. The van der Waals surface area contributed by atoms with Gasteiger partial charge in [-0.05, 0) is 81.6 Å². The maximum atomic E-state index is 13.2. The summed E-state index contributed by atoms with van der Waals surface area (Å²) in [6.45, 7) is 8.36. The van der Waals surface area contributed by atoms with Gasteiger partial charge in [-0.2, -0.15) is 13.2 Å². The second-order valence-corrected chi connectivity index (χ2v) is 10.2. The molecule has 202 valence electrons. The molecule has 0 aliphatic carbocycles. The van der Waals surface area contributed by atoms with E-state index in [1.807, 2.05) is 37.8 Å². The minimum Gasteiger partial charge on any atom is -0.491 e. The van der Waals surface area contributed by atoms with Crippen LogP contribution in [0.4, 0.5) is 18.9 Å². The van der Waals surface area contributed by atoms with Crippen molar-refractivity contribution >= 4 is 11.6 Å². The van der Waals surface area contributed by atoms with Crippen LogP contribution in [-0.2, 0) is 15.7 Å². The third-order valence-corrected chi connectivity index (χ3v) is 6.98. The molecule has 9 heteroatoms. The van der Waals surface area contributed by atoms with Crippen LogP contribution < -0.4 is 9.64 Å².